The zero-order valence-electron chi connectivity index (χ0n) is 27.3. The highest BCUT2D eigenvalue weighted by molar-refractivity contribution is 6.06. The van der Waals surface area contributed by atoms with Gasteiger partial charge in [0, 0.05) is 17.1 Å². The molecule has 0 N–H and O–H groups in total. The van der Waals surface area contributed by atoms with E-state index in [0.29, 0.717) is 0 Å². The predicted octanol–water partition coefficient (Wildman–Crippen LogP) is 12.8. The van der Waals surface area contributed by atoms with Crippen molar-refractivity contribution in [3.63, 3.8) is 0 Å². The van der Waals surface area contributed by atoms with E-state index in [1.807, 2.05) is 0 Å². The summed E-state index contributed by atoms with van der Waals surface area (Å²) in [4.78, 5) is 2.44. The van der Waals surface area contributed by atoms with Crippen LogP contribution in [0.4, 0.5) is 17.1 Å². The average Bonchev–Trinajstić information content (AvgIpc) is 3.79. The summed E-state index contributed by atoms with van der Waals surface area (Å²) in [6.07, 6.45) is 0. The topological polar surface area (TPSA) is 3.24 Å². The van der Waals surface area contributed by atoms with Gasteiger partial charge in [0.25, 0.3) is 0 Å². The van der Waals surface area contributed by atoms with E-state index >= 15 is 0 Å². The average molecular weight is 634 g/mol. The van der Waals surface area contributed by atoms with Gasteiger partial charge >= 0.3 is 0 Å². The fraction of sp³-hybridized carbons (Fsp3) is 0.0204. The normalized spacial score (nSPS) is 15.3. The lowest BCUT2D eigenvalue weighted by Gasteiger charge is -2.30. The van der Waals surface area contributed by atoms with E-state index in [1.54, 1.807) is 0 Å². The first kappa shape index (κ1) is 27.5. The summed E-state index contributed by atoms with van der Waals surface area (Å²) >= 11 is 0. The van der Waals surface area contributed by atoms with Gasteiger partial charge in [0.1, 0.15) is 0 Å². The van der Waals surface area contributed by atoms with Gasteiger partial charge in [0.15, 0.2) is 0 Å². The maximum absolute atomic E-state index is 2.49. The highest BCUT2D eigenvalue weighted by Gasteiger charge is 2.57. The van der Waals surface area contributed by atoms with Crippen LogP contribution in [0.5, 0.6) is 0 Å². The van der Waals surface area contributed by atoms with E-state index in [1.165, 1.54) is 77.9 Å². The highest BCUT2D eigenvalue weighted by atomic mass is 15.1. The Morgan fingerprint density at radius 2 is 0.740 bits per heavy atom. The second kappa shape index (κ2) is 10.3. The van der Waals surface area contributed by atoms with Crippen LogP contribution in [-0.4, -0.2) is 0 Å². The third-order valence-corrected chi connectivity index (χ3v) is 11.2. The molecule has 0 saturated carbocycles. The number of benzene rings is 8. The molecular formula is C49H31N. The molecule has 1 atom stereocenters. The number of hydrogen-bond acceptors (Lipinski definition) is 1. The molecule has 11 rings (SSSR count). The largest absolute Gasteiger partial charge is 0.310 e. The Balaban J connectivity index is 1.15. The molecule has 1 heteroatoms. The van der Waals surface area contributed by atoms with Gasteiger partial charge in [0.2, 0.25) is 0 Å². The molecule has 8 aromatic carbocycles. The van der Waals surface area contributed by atoms with Gasteiger partial charge in [-0.25, -0.2) is 0 Å². The maximum atomic E-state index is 2.49. The fourth-order valence-corrected chi connectivity index (χ4v) is 9.22. The van der Waals surface area contributed by atoms with Gasteiger partial charge in [-0.1, -0.05) is 152 Å². The van der Waals surface area contributed by atoms with Crippen molar-refractivity contribution in [2.45, 2.75) is 5.41 Å². The summed E-state index contributed by atoms with van der Waals surface area (Å²) < 4.78 is 0. The summed E-state index contributed by atoms with van der Waals surface area (Å²) in [5.74, 6) is 0. The predicted molar refractivity (Wildman–Crippen MR) is 207 cm³/mol. The molecule has 0 heterocycles. The molecule has 1 nitrogen and oxygen atoms in total. The van der Waals surface area contributed by atoms with Gasteiger partial charge in [-0.3, -0.25) is 0 Å². The van der Waals surface area contributed by atoms with Crippen molar-refractivity contribution < 1.29 is 0 Å². The van der Waals surface area contributed by atoms with Gasteiger partial charge in [0.05, 0.1) is 5.41 Å². The Labute approximate surface area is 292 Å². The van der Waals surface area contributed by atoms with Crippen LogP contribution >= 0.6 is 0 Å². The summed E-state index contributed by atoms with van der Waals surface area (Å²) in [6, 6.07) is 69.4. The molecule has 3 aliphatic carbocycles. The fourth-order valence-electron chi connectivity index (χ4n) is 9.22. The third-order valence-electron chi connectivity index (χ3n) is 11.2. The second-order valence-corrected chi connectivity index (χ2v) is 13.6. The first-order valence-corrected chi connectivity index (χ1v) is 17.4. The smallest absolute Gasteiger partial charge is 0.0738 e. The molecule has 1 unspecified atom stereocenters. The van der Waals surface area contributed by atoms with Crippen LogP contribution in [0.25, 0.3) is 55.6 Å². The number of nitrogens with zero attached hydrogens (tertiary/aromatic N) is 1. The van der Waals surface area contributed by atoms with E-state index in [4.69, 9.17) is 0 Å². The van der Waals surface area contributed by atoms with Crippen molar-refractivity contribution in [1.82, 2.24) is 0 Å². The molecule has 0 radical (unpaired) electrons. The van der Waals surface area contributed by atoms with Gasteiger partial charge in [-0.05, 0) is 114 Å². The van der Waals surface area contributed by atoms with Crippen LogP contribution in [-0.2, 0) is 5.41 Å². The first-order valence-electron chi connectivity index (χ1n) is 17.4. The summed E-state index contributed by atoms with van der Waals surface area (Å²) in [5.41, 5.74) is 21.7. The van der Waals surface area contributed by atoms with Crippen molar-refractivity contribution in [3.05, 3.63) is 210 Å². The molecular weight excluding hydrogens is 603 g/mol. The Morgan fingerprint density at radius 1 is 0.280 bits per heavy atom. The molecule has 0 amide bonds. The zero-order valence-corrected chi connectivity index (χ0v) is 27.3. The van der Waals surface area contributed by atoms with Crippen molar-refractivity contribution >= 4 is 17.1 Å². The molecule has 0 bridgehead atoms. The van der Waals surface area contributed by atoms with Gasteiger partial charge in [-0.2, -0.15) is 0 Å². The van der Waals surface area contributed by atoms with Gasteiger partial charge < -0.3 is 4.90 Å². The zero-order chi connectivity index (χ0) is 32.8. The molecule has 1 spiro atoms. The van der Waals surface area contributed by atoms with E-state index in [0.717, 1.165) is 17.1 Å². The Bertz CT molecular complexity index is 2600. The molecule has 0 aromatic heterocycles. The molecule has 0 aliphatic heterocycles. The van der Waals surface area contributed by atoms with Crippen LogP contribution in [0.1, 0.15) is 22.3 Å². The SMILES string of the molecule is c1ccc(-c2ccc(N(c3cccc(-c4ccccc4)c3)c3ccc4c(c3)C35c6ccccc6-c6cccc(c63)-c3cccc-4c35)cc2)cc1. The molecule has 3 aliphatic rings. The molecule has 0 saturated heterocycles. The minimum absolute atomic E-state index is 0.325. The summed E-state index contributed by atoms with van der Waals surface area (Å²) in [7, 11) is 0. The first-order chi connectivity index (χ1) is 24.8. The van der Waals surface area contributed by atoms with E-state index < -0.39 is 0 Å². The van der Waals surface area contributed by atoms with E-state index in [-0.39, 0.29) is 5.41 Å². The van der Waals surface area contributed by atoms with Crippen molar-refractivity contribution in [1.29, 1.82) is 0 Å². The lowest BCUT2D eigenvalue weighted by molar-refractivity contribution is 0.818. The van der Waals surface area contributed by atoms with Crippen LogP contribution in [0.3, 0.4) is 0 Å². The lowest BCUT2D eigenvalue weighted by Crippen LogP contribution is -2.23. The quantitative estimate of drug-likeness (QED) is 0.182. The molecule has 8 aromatic rings. The second-order valence-electron chi connectivity index (χ2n) is 13.6. The Kier molecular flexibility index (Phi) is 5.66. The van der Waals surface area contributed by atoms with Crippen molar-refractivity contribution in [3.8, 4) is 55.6 Å². The maximum Gasteiger partial charge on any atom is 0.0738 e. The Hall–Kier alpha value is -6.44. The van der Waals surface area contributed by atoms with Crippen molar-refractivity contribution in [2.24, 2.45) is 0 Å². The third kappa shape index (κ3) is 3.61. The van der Waals surface area contributed by atoms with E-state index in [2.05, 4.69) is 193 Å². The van der Waals surface area contributed by atoms with E-state index in [9.17, 15) is 0 Å². The van der Waals surface area contributed by atoms with Gasteiger partial charge in [-0.15, -0.1) is 0 Å². The standard InChI is InChI=1S/C49H31N/c1-3-12-32(13-4-1)34-24-26-36(27-25-34)50(37-17-9-16-35(30-37)33-14-5-2-6-15-33)38-28-29-40-42-20-11-22-44-43-21-10-19-41-39-18-7-8-23-45(39)49(47(41)43,48(42)44)46(40)31-38/h1-31H. The monoisotopic (exact) mass is 633 g/mol. The summed E-state index contributed by atoms with van der Waals surface area (Å²) in [6.45, 7) is 0. The highest BCUT2D eigenvalue weighted by Crippen LogP contribution is 2.70. The lowest BCUT2D eigenvalue weighted by atomic mass is 9.73. The molecule has 0 fully saturated rings. The molecule has 50 heavy (non-hydrogen) atoms. The van der Waals surface area contributed by atoms with Crippen molar-refractivity contribution in [2.75, 3.05) is 4.90 Å². The molecule has 232 valence electrons. The number of anilines is 3. The number of fused-ring (bicyclic) bond motifs is 5. The summed E-state index contributed by atoms with van der Waals surface area (Å²) in [5, 5.41) is 0. The van der Waals surface area contributed by atoms with Crippen LogP contribution in [0, 0.1) is 0 Å². The minimum Gasteiger partial charge on any atom is -0.310 e. The van der Waals surface area contributed by atoms with Crippen LogP contribution in [0.2, 0.25) is 0 Å². The van der Waals surface area contributed by atoms with Crippen LogP contribution in [0.15, 0.2) is 188 Å². The minimum atomic E-state index is -0.325. The number of hydrogen-bond donors (Lipinski definition) is 0. The Morgan fingerprint density at radius 3 is 1.42 bits per heavy atom. The van der Waals surface area contributed by atoms with Crippen LogP contribution < -0.4 is 4.90 Å². The number of rotatable bonds is 5.